The topological polar surface area (TPSA) is 66.3 Å². The molecule has 3 heterocycles. The second-order valence-corrected chi connectivity index (χ2v) is 7.69. The van der Waals surface area contributed by atoms with E-state index in [1.807, 2.05) is 6.92 Å². The summed E-state index contributed by atoms with van der Waals surface area (Å²) < 4.78 is 0. The van der Waals surface area contributed by atoms with Gasteiger partial charge in [-0.05, 0) is 51.0 Å². The van der Waals surface area contributed by atoms with Crippen LogP contribution in [-0.2, 0) is 17.6 Å². The van der Waals surface area contributed by atoms with Crippen molar-refractivity contribution in [1.29, 1.82) is 0 Å². The fourth-order valence-corrected chi connectivity index (χ4v) is 5.14. The van der Waals surface area contributed by atoms with Crippen molar-refractivity contribution in [3.05, 3.63) is 16.3 Å². The highest BCUT2D eigenvalue weighted by Crippen LogP contribution is 2.40. The number of thiophene rings is 1. The predicted octanol–water partition coefficient (Wildman–Crippen LogP) is 3.18. The lowest BCUT2D eigenvalue weighted by molar-refractivity contribution is -0.141. The molecule has 0 bridgehead atoms. The lowest BCUT2D eigenvalue weighted by Crippen LogP contribution is -2.39. The van der Waals surface area contributed by atoms with Crippen molar-refractivity contribution < 1.29 is 9.90 Å². The molecule has 1 N–H and O–H groups in total. The minimum atomic E-state index is -0.691. The van der Waals surface area contributed by atoms with Crippen molar-refractivity contribution in [2.24, 2.45) is 5.92 Å². The third-order valence-corrected chi connectivity index (χ3v) is 6.16. The molecule has 0 unspecified atom stereocenters. The molecular formula is C17H21N3O2S. The van der Waals surface area contributed by atoms with E-state index in [2.05, 4.69) is 9.88 Å². The minimum Gasteiger partial charge on any atom is -0.481 e. The number of carboxylic acid groups (broad SMARTS) is 1. The molecule has 1 atom stereocenters. The number of anilines is 1. The molecule has 1 fully saturated rings. The Morgan fingerprint density at radius 3 is 2.91 bits per heavy atom. The molecule has 2 aromatic rings. The first kappa shape index (κ1) is 14.9. The van der Waals surface area contributed by atoms with E-state index in [4.69, 9.17) is 4.98 Å². The molecule has 122 valence electrons. The number of carboxylic acids is 1. The van der Waals surface area contributed by atoms with Gasteiger partial charge in [0.2, 0.25) is 0 Å². The van der Waals surface area contributed by atoms with Gasteiger partial charge in [-0.1, -0.05) is 0 Å². The summed E-state index contributed by atoms with van der Waals surface area (Å²) in [5.41, 5.74) is 1.42. The average Bonchev–Trinajstić information content (AvgIpc) is 2.92. The molecule has 1 aliphatic heterocycles. The molecule has 6 heteroatoms. The maximum atomic E-state index is 11.4. The molecule has 0 spiro atoms. The fourth-order valence-electron chi connectivity index (χ4n) is 3.84. The van der Waals surface area contributed by atoms with E-state index in [1.165, 1.54) is 28.7 Å². The second-order valence-electron chi connectivity index (χ2n) is 6.61. The molecule has 2 aliphatic rings. The van der Waals surface area contributed by atoms with E-state index in [0.717, 1.165) is 48.7 Å². The first-order valence-electron chi connectivity index (χ1n) is 8.40. The molecule has 1 aliphatic carbocycles. The number of nitrogens with zero attached hydrogens (tertiary/aromatic N) is 3. The molecule has 1 saturated heterocycles. The number of carbonyl (C=O) groups is 1. The predicted molar refractivity (Wildman–Crippen MR) is 91.4 cm³/mol. The largest absolute Gasteiger partial charge is 0.481 e. The highest BCUT2D eigenvalue weighted by molar-refractivity contribution is 7.19. The van der Waals surface area contributed by atoms with Gasteiger partial charge in [-0.15, -0.1) is 11.3 Å². The van der Waals surface area contributed by atoms with Gasteiger partial charge in [0.05, 0.1) is 11.3 Å². The third kappa shape index (κ3) is 2.59. The Morgan fingerprint density at radius 2 is 2.09 bits per heavy atom. The van der Waals surface area contributed by atoms with E-state index in [9.17, 15) is 9.90 Å². The number of hydrogen-bond donors (Lipinski definition) is 1. The quantitative estimate of drug-likeness (QED) is 0.915. The maximum absolute atomic E-state index is 11.4. The molecule has 2 aromatic heterocycles. The van der Waals surface area contributed by atoms with Gasteiger partial charge in [0.25, 0.3) is 0 Å². The monoisotopic (exact) mass is 331 g/mol. The molecule has 4 rings (SSSR count). The highest BCUT2D eigenvalue weighted by Gasteiger charge is 2.29. The number of fused-ring (bicyclic) bond motifs is 3. The maximum Gasteiger partial charge on any atom is 0.308 e. The summed E-state index contributed by atoms with van der Waals surface area (Å²) in [7, 11) is 0. The van der Waals surface area contributed by atoms with Gasteiger partial charge in [-0.25, -0.2) is 9.97 Å². The van der Waals surface area contributed by atoms with Crippen LogP contribution >= 0.6 is 11.3 Å². The standard InChI is InChI=1S/C17H21N3O2S/c1-10-18-15(20-8-4-5-11(9-20)17(21)22)14-12-6-2-3-7-13(12)23-16(14)19-10/h11H,2-9H2,1H3,(H,21,22)/t11-/m0/s1. The van der Waals surface area contributed by atoms with Gasteiger partial charge in [-0.3, -0.25) is 4.79 Å². The number of rotatable bonds is 2. The average molecular weight is 331 g/mol. The first-order chi connectivity index (χ1) is 11.1. The van der Waals surface area contributed by atoms with Crippen LogP contribution in [0.25, 0.3) is 10.2 Å². The number of hydrogen-bond acceptors (Lipinski definition) is 5. The van der Waals surface area contributed by atoms with Crippen LogP contribution in [0.2, 0.25) is 0 Å². The van der Waals surface area contributed by atoms with Gasteiger partial charge in [0, 0.05) is 18.0 Å². The Kier molecular flexibility index (Phi) is 3.71. The third-order valence-electron chi connectivity index (χ3n) is 4.98. The Bertz CT molecular complexity index is 771. The number of aliphatic carboxylic acids is 1. The Hall–Kier alpha value is -1.69. The van der Waals surface area contributed by atoms with E-state index in [1.54, 1.807) is 11.3 Å². The van der Waals surface area contributed by atoms with Crippen molar-refractivity contribution in [2.75, 3.05) is 18.0 Å². The van der Waals surface area contributed by atoms with Crippen LogP contribution in [0.4, 0.5) is 5.82 Å². The van der Waals surface area contributed by atoms with E-state index >= 15 is 0 Å². The van der Waals surface area contributed by atoms with Gasteiger partial charge in [0.15, 0.2) is 0 Å². The molecule has 0 amide bonds. The summed E-state index contributed by atoms with van der Waals surface area (Å²) in [6.45, 7) is 3.38. The van der Waals surface area contributed by atoms with E-state index < -0.39 is 5.97 Å². The van der Waals surface area contributed by atoms with Gasteiger partial charge in [0.1, 0.15) is 16.5 Å². The molecule has 0 aromatic carbocycles. The number of aryl methyl sites for hydroxylation is 3. The SMILES string of the molecule is Cc1nc(N2CCC[C@H](C(=O)O)C2)c2c3c(sc2n1)CCCC3. The first-order valence-corrected chi connectivity index (χ1v) is 9.22. The lowest BCUT2D eigenvalue weighted by Gasteiger charge is -2.32. The summed E-state index contributed by atoms with van der Waals surface area (Å²) in [6, 6.07) is 0. The van der Waals surface area contributed by atoms with Crippen molar-refractivity contribution in [3.8, 4) is 0 Å². The highest BCUT2D eigenvalue weighted by atomic mass is 32.1. The van der Waals surface area contributed by atoms with Crippen LogP contribution < -0.4 is 4.90 Å². The summed E-state index contributed by atoms with van der Waals surface area (Å²) in [5, 5.41) is 10.6. The van der Waals surface area contributed by atoms with Gasteiger partial charge in [-0.2, -0.15) is 0 Å². The van der Waals surface area contributed by atoms with E-state index in [0.29, 0.717) is 6.54 Å². The Morgan fingerprint density at radius 1 is 1.26 bits per heavy atom. The van der Waals surface area contributed by atoms with Gasteiger partial charge >= 0.3 is 5.97 Å². The molecular weight excluding hydrogens is 310 g/mol. The van der Waals surface area contributed by atoms with Crippen LogP contribution in [0.15, 0.2) is 0 Å². The smallest absolute Gasteiger partial charge is 0.308 e. The summed E-state index contributed by atoms with van der Waals surface area (Å²) in [5.74, 6) is 0.772. The van der Waals surface area contributed by atoms with Crippen LogP contribution in [0.5, 0.6) is 0 Å². The lowest BCUT2D eigenvalue weighted by atomic mass is 9.95. The molecule has 0 radical (unpaired) electrons. The zero-order chi connectivity index (χ0) is 16.0. The number of aromatic nitrogens is 2. The zero-order valence-electron chi connectivity index (χ0n) is 13.3. The van der Waals surface area contributed by atoms with Crippen LogP contribution in [-0.4, -0.2) is 34.1 Å². The van der Waals surface area contributed by atoms with Gasteiger partial charge < -0.3 is 10.0 Å². The summed E-state index contributed by atoms with van der Waals surface area (Å²) >= 11 is 1.81. The fraction of sp³-hybridized carbons (Fsp3) is 0.588. The van der Waals surface area contributed by atoms with Crippen LogP contribution in [0.3, 0.4) is 0 Å². The molecule has 23 heavy (non-hydrogen) atoms. The minimum absolute atomic E-state index is 0.288. The molecule has 5 nitrogen and oxygen atoms in total. The van der Waals surface area contributed by atoms with Crippen molar-refractivity contribution in [1.82, 2.24) is 9.97 Å². The Balaban J connectivity index is 1.82. The van der Waals surface area contributed by atoms with Crippen molar-refractivity contribution >= 4 is 33.3 Å². The second kappa shape index (κ2) is 5.74. The number of piperidine rings is 1. The van der Waals surface area contributed by atoms with E-state index in [-0.39, 0.29) is 5.92 Å². The van der Waals surface area contributed by atoms with Crippen LogP contribution in [0.1, 0.15) is 41.9 Å². The Labute approximate surface area is 139 Å². The molecule has 0 saturated carbocycles. The normalized spacial score (nSPS) is 21.4. The van der Waals surface area contributed by atoms with Crippen LogP contribution in [0, 0.1) is 12.8 Å². The van der Waals surface area contributed by atoms with Crippen molar-refractivity contribution in [3.63, 3.8) is 0 Å². The van der Waals surface area contributed by atoms with Crippen molar-refractivity contribution in [2.45, 2.75) is 45.4 Å². The zero-order valence-corrected chi connectivity index (χ0v) is 14.2. The summed E-state index contributed by atoms with van der Waals surface area (Å²) in [4.78, 5) is 25.5. The summed E-state index contributed by atoms with van der Waals surface area (Å²) in [6.07, 6.45) is 6.41.